The van der Waals surface area contributed by atoms with E-state index < -0.39 is 0 Å². The molecule has 1 aliphatic rings. The van der Waals surface area contributed by atoms with E-state index >= 15 is 0 Å². The molecule has 4 nitrogen and oxygen atoms in total. The molecule has 1 atom stereocenters. The molecule has 0 aromatic carbocycles. The third-order valence-corrected chi connectivity index (χ3v) is 3.28. The lowest BCUT2D eigenvalue weighted by molar-refractivity contribution is -0.138. The summed E-state index contributed by atoms with van der Waals surface area (Å²) in [6.45, 7) is 9.33. The Bertz CT molecular complexity index is 248. The quantitative estimate of drug-likeness (QED) is 0.762. The fourth-order valence-corrected chi connectivity index (χ4v) is 2.34. The largest absolute Gasteiger partial charge is 0.383 e. The first kappa shape index (κ1) is 14.5. The Morgan fingerprint density at radius 3 is 2.71 bits per heavy atom. The highest BCUT2D eigenvalue weighted by molar-refractivity contribution is 5.86. The predicted octanol–water partition coefficient (Wildman–Crippen LogP) is 1.26. The molecule has 0 aromatic rings. The van der Waals surface area contributed by atoms with Crippen molar-refractivity contribution >= 4 is 5.91 Å². The molecule has 4 heteroatoms. The second kappa shape index (κ2) is 6.36. The summed E-state index contributed by atoms with van der Waals surface area (Å²) in [5.74, 6) is 0.710. The van der Waals surface area contributed by atoms with Crippen molar-refractivity contribution in [2.75, 3.05) is 33.4 Å². The maximum atomic E-state index is 12.5. The summed E-state index contributed by atoms with van der Waals surface area (Å²) in [4.78, 5) is 14.5. The zero-order chi connectivity index (χ0) is 12.9. The molecule has 1 saturated heterocycles. The van der Waals surface area contributed by atoms with E-state index in [2.05, 4.69) is 19.2 Å². The van der Waals surface area contributed by atoms with Crippen LogP contribution in [0.25, 0.3) is 0 Å². The minimum absolute atomic E-state index is 0.223. The molecule has 1 heterocycles. The summed E-state index contributed by atoms with van der Waals surface area (Å²) in [6.07, 6.45) is 2.02. The second-order valence-electron chi connectivity index (χ2n) is 5.50. The number of nitrogens with zero attached hydrogens (tertiary/aromatic N) is 1. The highest BCUT2D eigenvalue weighted by Crippen LogP contribution is 2.21. The summed E-state index contributed by atoms with van der Waals surface area (Å²) in [7, 11) is 1.67. The smallest absolute Gasteiger partial charge is 0.242 e. The number of ether oxygens (including phenoxy) is 1. The van der Waals surface area contributed by atoms with Gasteiger partial charge in [0.1, 0.15) is 0 Å². The molecule has 1 rings (SSSR count). The van der Waals surface area contributed by atoms with Crippen molar-refractivity contribution in [1.82, 2.24) is 10.2 Å². The van der Waals surface area contributed by atoms with E-state index in [1.807, 2.05) is 11.8 Å². The van der Waals surface area contributed by atoms with Crippen LogP contribution in [0.3, 0.4) is 0 Å². The van der Waals surface area contributed by atoms with Crippen molar-refractivity contribution < 1.29 is 9.53 Å². The Balaban J connectivity index is 2.63. The molecule has 0 spiro atoms. The monoisotopic (exact) mass is 242 g/mol. The molecule has 100 valence electrons. The third-order valence-electron chi connectivity index (χ3n) is 3.28. The van der Waals surface area contributed by atoms with Gasteiger partial charge < -0.3 is 15.0 Å². The van der Waals surface area contributed by atoms with E-state index in [0.717, 1.165) is 25.9 Å². The van der Waals surface area contributed by atoms with Gasteiger partial charge in [-0.05, 0) is 32.2 Å². The number of amides is 1. The Kier molecular flexibility index (Phi) is 5.40. The zero-order valence-corrected chi connectivity index (χ0v) is 11.6. The summed E-state index contributed by atoms with van der Waals surface area (Å²) in [5, 5.41) is 3.33. The van der Waals surface area contributed by atoms with E-state index in [4.69, 9.17) is 4.74 Å². The van der Waals surface area contributed by atoms with Crippen molar-refractivity contribution in [1.29, 1.82) is 0 Å². The average molecular weight is 242 g/mol. The van der Waals surface area contributed by atoms with Gasteiger partial charge in [-0.1, -0.05) is 13.8 Å². The van der Waals surface area contributed by atoms with Crippen molar-refractivity contribution in [3.63, 3.8) is 0 Å². The number of hydrogen-bond acceptors (Lipinski definition) is 3. The Hall–Kier alpha value is -0.610. The van der Waals surface area contributed by atoms with Gasteiger partial charge in [0.15, 0.2) is 0 Å². The van der Waals surface area contributed by atoms with Crippen LogP contribution in [0.15, 0.2) is 0 Å². The standard InChI is InChI=1S/C13H26N2O2/c1-11(2)10-15(8-9-17-4)12(16)13(3)6-5-7-14-13/h11,14H,5-10H2,1-4H3. The van der Waals surface area contributed by atoms with Crippen LogP contribution in [-0.4, -0.2) is 49.7 Å². The Labute approximate surface area is 105 Å². The van der Waals surface area contributed by atoms with Crippen molar-refractivity contribution in [2.45, 2.75) is 39.2 Å². The van der Waals surface area contributed by atoms with Gasteiger partial charge in [0.25, 0.3) is 0 Å². The first-order chi connectivity index (χ1) is 7.99. The lowest BCUT2D eigenvalue weighted by Crippen LogP contribution is -2.54. The maximum absolute atomic E-state index is 12.5. The van der Waals surface area contributed by atoms with Crippen LogP contribution in [-0.2, 0) is 9.53 Å². The van der Waals surface area contributed by atoms with Crippen LogP contribution in [0.4, 0.5) is 0 Å². The molecule has 1 fully saturated rings. The van der Waals surface area contributed by atoms with Crippen molar-refractivity contribution in [3.05, 3.63) is 0 Å². The number of nitrogens with one attached hydrogen (secondary N) is 1. The van der Waals surface area contributed by atoms with Crippen LogP contribution >= 0.6 is 0 Å². The first-order valence-corrected chi connectivity index (χ1v) is 6.53. The van der Waals surface area contributed by atoms with Crippen molar-refractivity contribution in [3.8, 4) is 0 Å². The highest BCUT2D eigenvalue weighted by atomic mass is 16.5. The van der Waals surface area contributed by atoms with Gasteiger partial charge in [-0.25, -0.2) is 0 Å². The molecule has 1 aliphatic heterocycles. The van der Waals surface area contributed by atoms with E-state index in [1.54, 1.807) is 7.11 Å². The van der Waals surface area contributed by atoms with Crippen LogP contribution < -0.4 is 5.32 Å². The van der Waals surface area contributed by atoms with Crippen LogP contribution in [0.1, 0.15) is 33.6 Å². The first-order valence-electron chi connectivity index (χ1n) is 6.53. The van der Waals surface area contributed by atoms with E-state index in [9.17, 15) is 4.79 Å². The lowest BCUT2D eigenvalue weighted by atomic mass is 9.98. The fraction of sp³-hybridized carbons (Fsp3) is 0.923. The molecule has 0 radical (unpaired) electrons. The minimum atomic E-state index is -0.359. The highest BCUT2D eigenvalue weighted by Gasteiger charge is 2.38. The summed E-state index contributed by atoms with van der Waals surface area (Å²) < 4.78 is 5.09. The third kappa shape index (κ3) is 3.96. The molecule has 0 saturated carbocycles. The van der Waals surface area contributed by atoms with E-state index in [-0.39, 0.29) is 11.4 Å². The van der Waals surface area contributed by atoms with Gasteiger partial charge in [-0.15, -0.1) is 0 Å². The van der Waals surface area contributed by atoms with Gasteiger partial charge >= 0.3 is 0 Å². The molecule has 1 amide bonds. The van der Waals surface area contributed by atoms with Crippen molar-refractivity contribution in [2.24, 2.45) is 5.92 Å². The summed E-state index contributed by atoms with van der Waals surface area (Å²) in [6, 6.07) is 0. The molecule has 1 unspecified atom stereocenters. The summed E-state index contributed by atoms with van der Waals surface area (Å²) in [5.41, 5.74) is -0.359. The average Bonchev–Trinajstić information content (AvgIpc) is 2.71. The normalized spacial score (nSPS) is 24.3. The van der Waals surface area contributed by atoms with E-state index in [0.29, 0.717) is 19.1 Å². The molecule has 0 aromatic heterocycles. The number of carbonyl (C=O) groups excluding carboxylic acids is 1. The van der Waals surface area contributed by atoms with Gasteiger partial charge in [0.05, 0.1) is 12.1 Å². The SMILES string of the molecule is COCCN(CC(C)C)C(=O)C1(C)CCCN1. The van der Waals surface area contributed by atoms with Crippen LogP contribution in [0.2, 0.25) is 0 Å². The molecular weight excluding hydrogens is 216 g/mol. The van der Waals surface area contributed by atoms with Gasteiger partial charge in [-0.2, -0.15) is 0 Å². The zero-order valence-electron chi connectivity index (χ0n) is 11.6. The Morgan fingerprint density at radius 2 is 2.24 bits per heavy atom. The topological polar surface area (TPSA) is 41.6 Å². The number of carbonyl (C=O) groups is 1. The van der Waals surface area contributed by atoms with Crippen LogP contribution in [0.5, 0.6) is 0 Å². The van der Waals surface area contributed by atoms with Gasteiger partial charge in [0, 0.05) is 20.2 Å². The molecular formula is C13H26N2O2. The van der Waals surface area contributed by atoms with E-state index in [1.165, 1.54) is 0 Å². The number of hydrogen-bond donors (Lipinski definition) is 1. The maximum Gasteiger partial charge on any atom is 0.242 e. The Morgan fingerprint density at radius 1 is 1.53 bits per heavy atom. The molecule has 0 bridgehead atoms. The molecule has 0 aliphatic carbocycles. The molecule has 17 heavy (non-hydrogen) atoms. The minimum Gasteiger partial charge on any atom is -0.383 e. The lowest BCUT2D eigenvalue weighted by Gasteiger charge is -2.33. The molecule has 1 N–H and O–H groups in total. The van der Waals surface area contributed by atoms with Gasteiger partial charge in [0.2, 0.25) is 5.91 Å². The number of methoxy groups -OCH3 is 1. The fourth-order valence-electron chi connectivity index (χ4n) is 2.34. The number of rotatable bonds is 6. The predicted molar refractivity (Wildman–Crippen MR) is 68.9 cm³/mol. The van der Waals surface area contributed by atoms with Gasteiger partial charge in [-0.3, -0.25) is 4.79 Å². The van der Waals surface area contributed by atoms with Crippen LogP contribution in [0, 0.1) is 5.92 Å². The summed E-state index contributed by atoms with van der Waals surface area (Å²) >= 11 is 0. The second-order valence-corrected chi connectivity index (χ2v) is 5.50.